The minimum atomic E-state index is 0.596. The van der Waals surface area contributed by atoms with E-state index in [-0.39, 0.29) is 0 Å². The molecule has 18 heavy (non-hydrogen) atoms. The van der Waals surface area contributed by atoms with E-state index < -0.39 is 0 Å². The van der Waals surface area contributed by atoms with Crippen molar-refractivity contribution in [3.63, 3.8) is 0 Å². The summed E-state index contributed by atoms with van der Waals surface area (Å²) in [7, 11) is 0. The summed E-state index contributed by atoms with van der Waals surface area (Å²) >= 11 is 14.8. The molecule has 0 radical (unpaired) electrons. The van der Waals surface area contributed by atoms with Crippen molar-refractivity contribution in [2.75, 3.05) is 18.4 Å². The van der Waals surface area contributed by atoms with Gasteiger partial charge in [-0.05, 0) is 30.4 Å². The van der Waals surface area contributed by atoms with Crippen LogP contribution < -0.4 is 5.32 Å². The monoisotopic (exact) mass is 344 g/mol. The molecule has 0 bridgehead atoms. The first kappa shape index (κ1) is 15.2. The minimum Gasteiger partial charge on any atom is -0.342 e. The van der Waals surface area contributed by atoms with Crippen LogP contribution in [0.4, 0.5) is 5.69 Å². The zero-order chi connectivity index (χ0) is 13.5. The normalized spacial score (nSPS) is 9.67. The van der Waals surface area contributed by atoms with Crippen LogP contribution in [0.1, 0.15) is 0 Å². The van der Waals surface area contributed by atoms with Crippen LogP contribution in [-0.2, 0) is 0 Å². The third-order valence-corrected chi connectivity index (χ3v) is 3.33. The molecular formula is C13H14BrClN2S. The summed E-state index contributed by atoms with van der Waals surface area (Å²) in [6.07, 6.45) is 3.58. The standard InChI is InChI=1S/C13H14BrClN2S/c1-3-7-17(8-4-2)13(18)16-12-6-5-10(14)9-11(12)15/h3-6,9H,1-2,7-8H2,(H,16,18). The van der Waals surface area contributed by atoms with Crippen molar-refractivity contribution in [3.8, 4) is 0 Å². The van der Waals surface area contributed by atoms with E-state index in [1.165, 1.54) is 0 Å². The lowest BCUT2D eigenvalue weighted by Crippen LogP contribution is -2.35. The number of benzene rings is 1. The Bertz CT molecular complexity index is 452. The van der Waals surface area contributed by atoms with E-state index in [1.54, 1.807) is 12.2 Å². The van der Waals surface area contributed by atoms with Gasteiger partial charge in [-0.2, -0.15) is 0 Å². The molecule has 0 saturated carbocycles. The molecule has 96 valence electrons. The molecule has 5 heteroatoms. The smallest absolute Gasteiger partial charge is 0.174 e. The maximum absolute atomic E-state index is 6.12. The topological polar surface area (TPSA) is 15.3 Å². The Morgan fingerprint density at radius 2 is 2.00 bits per heavy atom. The summed E-state index contributed by atoms with van der Waals surface area (Å²) in [6.45, 7) is 8.73. The van der Waals surface area contributed by atoms with E-state index in [9.17, 15) is 0 Å². The molecule has 0 amide bonds. The van der Waals surface area contributed by atoms with Crippen LogP contribution in [-0.4, -0.2) is 23.1 Å². The maximum atomic E-state index is 6.12. The number of hydrogen-bond donors (Lipinski definition) is 1. The van der Waals surface area contributed by atoms with Crippen molar-refractivity contribution >= 4 is 50.5 Å². The summed E-state index contributed by atoms with van der Waals surface area (Å²) in [6, 6.07) is 5.60. The number of hydrogen-bond acceptors (Lipinski definition) is 1. The van der Waals surface area contributed by atoms with Gasteiger partial charge in [0.1, 0.15) is 0 Å². The Hall–Kier alpha value is -0.840. The van der Waals surface area contributed by atoms with Gasteiger partial charge in [-0.3, -0.25) is 0 Å². The average molecular weight is 346 g/mol. The molecule has 0 aromatic heterocycles. The van der Waals surface area contributed by atoms with Gasteiger partial charge in [0.15, 0.2) is 5.11 Å². The van der Waals surface area contributed by atoms with E-state index in [4.69, 9.17) is 23.8 Å². The Morgan fingerprint density at radius 1 is 1.39 bits per heavy atom. The highest BCUT2D eigenvalue weighted by molar-refractivity contribution is 9.10. The van der Waals surface area contributed by atoms with Crippen molar-refractivity contribution in [2.45, 2.75) is 0 Å². The molecule has 1 N–H and O–H groups in total. The fraction of sp³-hybridized carbons (Fsp3) is 0.154. The van der Waals surface area contributed by atoms with Crippen LogP contribution in [0.2, 0.25) is 5.02 Å². The van der Waals surface area contributed by atoms with Crippen LogP contribution in [0.5, 0.6) is 0 Å². The summed E-state index contributed by atoms with van der Waals surface area (Å²) in [5, 5.41) is 4.33. The van der Waals surface area contributed by atoms with Crippen molar-refractivity contribution < 1.29 is 0 Å². The predicted molar refractivity (Wildman–Crippen MR) is 87.3 cm³/mol. The number of thiocarbonyl (C=S) groups is 1. The highest BCUT2D eigenvalue weighted by Crippen LogP contribution is 2.25. The second-order valence-electron chi connectivity index (χ2n) is 3.54. The van der Waals surface area contributed by atoms with Crippen LogP contribution >= 0.6 is 39.7 Å². The second-order valence-corrected chi connectivity index (χ2v) is 5.25. The average Bonchev–Trinajstić information content (AvgIpc) is 2.32. The van der Waals surface area contributed by atoms with Gasteiger partial charge in [0.25, 0.3) is 0 Å². The molecule has 0 heterocycles. The number of nitrogens with one attached hydrogen (secondary N) is 1. The van der Waals surface area contributed by atoms with Gasteiger partial charge >= 0.3 is 0 Å². The van der Waals surface area contributed by atoms with E-state index in [2.05, 4.69) is 34.4 Å². The second kappa shape index (κ2) is 7.56. The lowest BCUT2D eigenvalue weighted by atomic mass is 10.3. The van der Waals surface area contributed by atoms with Gasteiger partial charge in [-0.15, -0.1) is 13.2 Å². The van der Waals surface area contributed by atoms with E-state index in [0.29, 0.717) is 23.2 Å². The highest BCUT2D eigenvalue weighted by atomic mass is 79.9. The summed E-state index contributed by atoms with van der Waals surface area (Å²) < 4.78 is 0.929. The van der Waals surface area contributed by atoms with Crippen LogP contribution in [0.15, 0.2) is 48.0 Å². The van der Waals surface area contributed by atoms with Gasteiger partial charge < -0.3 is 10.2 Å². The van der Waals surface area contributed by atoms with Gasteiger partial charge in [-0.1, -0.05) is 39.7 Å². The predicted octanol–water partition coefficient (Wildman–Crippen LogP) is 4.47. The van der Waals surface area contributed by atoms with Crippen molar-refractivity contribution in [2.24, 2.45) is 0 Å². The Labute approximate surface area is 126 Å². The van der Waals surface area contributed by atoms with Crippen LogP contribution in [0.25, 0.3) is 0 Å². The Kier molecular flexibility index (Phi) is 6.39. The minimum absolute atomic E-state index is 0.596. The summed E-state index contributed by atoms with van der Waals surface area (Å²) in [5.74, 6) is 0. The lowest BCUT2D eigenvalue weighted by molar-refractivity contribution is 0.522. The molecule has 0 aliphatic carbocycles. The number of rotatable bonds is 5. The lowest BCUT2D eigenvalue weighted by Gasteiger charge is -2.23. The van der Waals surface area contributed by atoms with Gasteiger partial charge in [-0.25, -0.2) is 0 Å². The molecule has 0 aliphatic rings. The van der Waals surface area contributed by atoms with E-state index in [0.717, 1.165) is 10.2 Å². The zero-order valence-corrected chi connectivity index (χ0v) is 13.0. The molecule has 2 nitrogen and oxygen atoms in total. The SMILES string of the molecule is C=CCN(CC=C)C(=S)Nc1ccc(Br)cc1Cl. The quantitative estimate of drug-likeness (QED) is 0.626. The maximum Gasteiger partial charge on any atom is 0.174 e. The van der Waals surface area contributed by atoms with Gasteiger partial charge in [0.05, 0.1) is 10.7 Å². The molecule has 0 aliphatic heterocycles. The van der Waals surface area contributed by atoms with Gasteiger partial charge in [0, 0.05) is 17.6 Å². The third kappa shape index (κ3) is 4.44. The highest BCUT2D eigenvalue weighted by Gasteiger charge is 2.08. The molecule has 0 atom stereocenters. The molecular weight excluding hydrogens is 332 g/mol. The number of anilines is 1. The van der Waals surface area contributed by atoms with Crippen molar-refractivity contribution in [1.82, 2.24) is 4.90 Å². The van der Waals surface area contributed by atoms with Gasteiger partial charge in [0.2, 0.25) is 0 Å². The first-order chi connectivity index (χ1) is 8.58. The summed E-state index contributed by atoms with van der Waals surface area (Å²) in [5.41, 5.74) is 0.781. The summed E-state index contributed by atoms with van der Waals surface area (Å²) in [4.78, 5) is 1.94. The fourth-order valence-electron chi connectivity index (χ4n) is 1.34. The van der Waals surface area contributed by atoms with Crippen molar-refractivity contribution in [3.05, 3.63) is 53.0 Å². The third-order valence-electron chi connectivity index (χ3n) is 2.16. The number of nitrogens with zero attached hydrogens (tertiary/aromatic N) is 1. The fourth-order valence-corrected chi connectivity index (χ4v) is 2.32. The first-order valence-electron chi connectivity index (χ1n) is 5.31. The molecule has 0 saturated heterocycles. The first-order valence-corrected chi connectivity index (χ1v) is 6.89. The Morgan fingerprint density at radius 3 is 2.50 bits per heavy atom. The van der Waals surface area contributed by atoms with Crippen molar-refractivity contribution in [1.29, 1.82) is 0 Å². The van der Waals surface area contributed by atoms with E-state index in [1.807, 2.05) is 23.1 Å². The number of halogens is 2. The molecule has 1 aromatic rings. The molecule has 0 spiro atoms. The van der Waals surface area contributed by atoms with E-state index >= 15 is 0 Å². The van der Waals surface area contributed by atoms with Crippen LogP contribution in [0, 0.1) is 0 Å². The molecule has 0 unspecified atom stereocenters. The zero-order valence-electron chi connectivity index (χ0n) is 9.83. The largest absolute Gasteiger partial charge is 0.342 e. The van der Waals surface area contributed by atoms with Crippen LogP contribution in [0.3, 0.4) is 0 Å². The molecule has 1 rings (SSSR count). The molecule has 0 fully saturated rings. The molecule has 1 aromatic carbocycles. The Balaban J connectivity index is 2.78.